The van der Waals surface area contributed by atoms with Gasteiger partial charge in [-0.25, -0.2) is 8.78 Å². The predicted octanol–water partition coefficient (Wildman–Crippen LogP) is 0.596. The molecule has 7 heteroatoms. The minimum absolute atomic E-state index is 0.195. The highest BCUT2D eigenvalue weighted by Crippen LogP contribution is 2.17. The van der Waals surface area contributed by atoms with E-state index >= 15 is 0 Å². The first-order chi connectivity index (χ1) is 8.99. The molecule has 0 unspecified atom stereocenters. The van der Waals surface area contributed by atoms with E-state index in [0.717, 1.165) is 12.1 Å². The van der Waals surface area contributed by atoms with Crippen LogP contribution in [0.15, 0.2) is 18.2 Å². The molecule has 0 spiro atoms. The fourth-order valence-corrected chi connectivity index (χ4v) is 1.23. The van der Waals surface area contributed by atoms with E-state index in [9.17, 15) is 18.4 Å². The largest absolute Gasteiger partial charge is 0.481 e. The zero-order valence-electron chi connectivity index (χ0n) is 10.3. The molecule has 2 N–H and O–H groups in total. The third-order valence-corrected chi connectivity index (χ3v) is 2.07. The number of hydrogen-bond acceptors (Lipinski definition) is 3. The van der Waals surface area contributed by atoms with Crippen molar-refractivity contribution < 1.29 is 23.1 Å². The lowest BCUT2D eigenvalue weighted by atomic mass is 10.3. The van der Waals surface area contributed by atoms with E-state index in [2.05, 4.69) is 10.6 Å². The number of nitrogens with one attached hydrogen (secondary N) is 2. The maximum atomic E-state index is 13.2. The molecule has 5 nitrogen and oxygen atoms in total. The number of hydrogen-bond donors (Lipinski definition) is 2. The molecular weight excluding hydrogens is 258 g/mol. The smallest absolute Gasteiger partial charge is 0.258 e. The number of amides is 2. The second-order valence-corrected chi connectivity index (χ2v) is 3.70. The molecular formula is C12H14F2N2O3. The number of carbonyl (C=O) groups is 2. The fourth-order valence-electron chi connectivity index (χ4n) is 1.23. The zero-order chi connectivity index (χ0) is 14.3. The minimum atomic E-state index is -0.869. The Morgan fingerprint density at radius 2 is 1.89 bits per heavy atom. The van der Waals surface area contributed by atoms with E-state index in [0.29, 0.717) is 12.6 Å². The van der Waals surface area contributed by atoms with Crippen LogP contribution in [0.1, 0.15) is 6.92 Å². The Balaban J connectivity index is 2.28. The van der Waals surface area contributed by atoms with Crippen LogP contribution in [0, 0.1) is 11.6 Å². The van der Waals surface area contributed by atoms with Crippen molar-refractivity contribution >= 4 is 11.8 Å². The number of ether oxygens (including phenoxy) is 1. The van der Waals surface area contributed by atoms with Crippen molar-refractivity contribution in [2.75, 3.05) is 19.7 Å². The molecule has 0 aliphatic heterocycles. The van der Waals surface area contributed by atoms with Crippen LogP contribution in [-0.2, 0) is 9.59 Å². The summed E-state index contributed by atoms with van der Waals surface area (Å²) < 4.78 is 30.7. The van der Waals surface area contributed by atoms with Gasteiger partial charge in [0.2, 0.25) is 5.91 Å². The Labute approximate surface area is 108 Å². The van der Waals surface area contributed by atoms with Gasteiger partial charge in [-0.3, -0.25) is 9.59 Å². The molecule has 0 aromatic heterocycles. The summed E-state index contributed by atoms with van der Waals surface area (Å²) in [4.78, 5) is 21.8. The molecule has 2 amide bonds. The Morgan fingerprint density at radius 1 is 1.21 bits per heavy atom. The van der Waals surface area contributed by atoms with Gasteiger partial charge in [0, 0.05) is 26.1 Å². The van der Waals surface area contributed by atoms with Gasteiger partial charge in [-0.1, -0.05) is 0 Å². The summed E-state index contributed by atoms with van der Waals surface area (Å²) in [5.74, 6) is -2.44. The first-order valence-corrected chi connectivity index (χ1v) is 5.58. The van der Waals surface area contributed by atoms with Crippen LogP contribution >= 0.6 is 0 Å². The third-order valence-electron chi connectivity index (χ3n) is 2.07. The van der Waals surface area contributed by atoms with Crippen molar-refractivity contribution in [3.8, 4) is 5.75 Å². The molecule has 0 heterocycles. The molecule has 0 bridgehead atoms. The second kappa shape index (κ2) is 7.30. The average Bonchev–Trinajstić information content (AvgIpc) is 2.33. The van der Waals surface area contributed by atoms with Crippen molar-refractivity contribution in [1.29, 1.82) is 0 Å². The Kier molecular flexibility index (Phi) is 5.72. The lowest BCUT2D eigenvalue weighted by Crippen LogP contribution is -2.36. The van der Waals surface area contributed by atoms with Gasteiger partial charge in [-0.05, 0) is 12.1 Å². The SMILES string of the molecule is CC(=O)NCCNC(=O)COc1ccc(F)cc1F. The normalized spacial score (nSPS) is 9.84. The lowest BCUT2D eigenvalue weighted by Gasteiger charge is -2.08. The van der Waals surface area contributed by atoms with Gasteiger partial charge in [0.25, 0.3) is 5.91 Å². The van der Waals surface area contributed by atoms with Gasteiger partial charge in [-0.15, -0.1) is 0 Å². The van der Waals surface area contributed by atoms with Crippen LogP contribution in [0.2, 0.25) is 0 Å². The van der Waals surface area contributed by atoms with Crippen LogP contribution in [0.4, 0.5) is 8.78 Å². The summed E-state index contributed by atoms with van der Waals surface area (Å²) in [6, 6.07) is 2.81. The molecule has 0 atom stereocenters. The molecule has 1 aromatic rings. The highest BCUT2D eigenvalue weighted by atomic mass is 19.1. The van der Waals surface area contributed by atoms with Crippen molar-refractivity contribution in [3.63, 3.8) is 0 Å². The van der Waals surface area contributed by atoms with Crippen molar-refractivity contribution in [2.45, 2.75) is 6.92 Å². The first-order valence-electron chi connectivity index (χ1n) is 5.58. The highest BCUT2D eigenvalue weighted by Gasteiger charge is 2.07. The molecule has 0 radical (unpaired) electrons. The number of carbonyl (C=O) groups excluding carboxylic acids is 2. The molecule has 0 aliphatic carbocycles. The number of halogens is 2. The fraction of sp³-hybridized carbons (Fsp3) is 0.333. The van der Waals surface area contributed by atoms with Gasteiger partial charge >= 0.3 is 0 Å². The average molecular weight is 272 g/mol. The summed E-state index contributed by atoms with van der Waals surface area (Å²) in [7, 11) is 0. The molecule has 104 valence electrons. The highest BCUT2D eigenvalue weighted by molar-refractivity contribution is 5.77. The van der Waals surface area contributed by atoms with E-state index in [1.165, 1.54) is 6.92 Å². The second-order valence-electron chi connectivity index (χ2n) is 3.70. The van der Waals surface area contributed by atoms with E-state index < -0.39 is 17.5 Å². The Morgan fingerprint density at radius 3 is 2.53 bits per heavy atom. The van der Waals surface area contributed by atoms with E-state index in [-0.39, 0.29) is 24.8 Å². The summed E-state index contributed by atoms with van der Waals surface area (Å²) in [5, 5.41) is 4.96. The molecule has 0 aliphatic rings. The Hall–Kier alpha value is -2.18. The van der Waals surface area contributed by atoms with E-state index in [4.69, 9.17) is 4.74 Å². The topological polar surface area (TPSA) is 67.4 Å². The van der Waals surface area contributed by atoms with Gasteiger partial charge < -0.3 is 15.4 Å². The van der Waals surface area contributed by atoms with Crippen LogP contribution < -0.4 is 15.4 Å². The molecule has 19 heavy (non-hydrogen) atoms. The summed E-state index contributed by atoms with van der Waals surface area (Å²) in [5.41, 5.74) is 0. The van der Waals surface area contributed by atoms with Gasteiger partial charge in [0.15, 0.2) is 18.2 Å². The zero-order valence-corrected chi connectivity index (χ0v) is 10.3. The van der Waals surface area contributed by atoms with Crippen molar-refractivity contribution in [3.05, 3.63) is 29.8 Å². The van der Waals surface area contributed by atoms with E-state index in [1.807, 2.05) is 0 Å². The van der Waals surface area contributed by atoms with E-state index in [1.54, 1.807) is 0 Å². The third kappa shape index (κ3) is 5.80. The predicted molar refractivity (Wildman–Crippen MR) is 63.5 cm³/mol. The summed E-state index contributed by atoms with van der Waals surface area (Å²) >= 11 is 0. The van der Waals surface area contributed by atoms with Crippen molar-refractivity contribution in [2.24, 2.45) is 0 Å². The van der Waals surface area contributed by atoms with Gasteiger partial charge in [0.05, 0.1) is 0 Å². The van der Waals surface area contributed by atoms with Crippen LogP contribution in [0.25, 0.3) is 0 Å². The minimum Gasteiger partial charge on any atom is -0.481 e. The van der Waals surface area contributed by atoms with Crippen LogP contribution in [0.5, 0.6) is 5.75 Å². The molecule has 0 fully saturated rings. The lowest BCUT2D eigenvalue weighted by molar-refractivity contribution is -0.123. The molecule has 1 rings (SSSR count). The Bertz CT molecular complexity index is 466. The molecule has 0 saturated carbocycles. The first kappa shape index (κ1) is 14.9. The monoisotopic (exact) mass is 272 g/mol. The summed E-state index contributed by atoms with van der Waals surface area (Å²) in [6.45, 7) is 1.52. The molecule has 0 saturated heterocycles. The van der Waals surface area contributed by atoms with Crippen molar-refractivity contribution in [1.82, 2.24) is 10.6 Å². The maximum Gasteiger partial charge on any atom is 0.258 e. The standard InChI is InChI=1S/C12H14F2N2O3/c1-8(17)15-4-5-16-12(18)7-19-11-3-2-9(13)6-10(11)14/h2-3,6H,4-5,7H2,1H3,(H,15,17)(H,16,18). The maximum absolute atomic E-state index is 13.2. The van der Waals surface area contributed by atoms with Crippen LogP contribution in [0.3, 0.4) is 0 Å². The number of benzene rings is 1. The van der Waals surface area contributed by atoms with Gasteiger partial charge in [-0.2, -0.15) is 0 Å². The van der Waals surface area contributed by atoms with Gasteiger partial charge in [0.1, 0.15) is 5.82 Å². The van der Waals surface area contributed by atoms with Crippen LogP contribution in [-0.4, -0.2) is 31.5 Å². The molecule has 1 aromatic carbocycles. The summed E-state index contributed by atoms with van der Waals surface area (Å²) in [6.07, 6.45) is 0. The quantitative estimate of drug-likeness (QED) is 0.745. The number of rotatable bonds is 6.